The molecule has 0 amide bonds. The van der Waals surface area contributed by atoms with Gasteiger partial charge in [-0.3, -0.25) is 0 Å². The molecule has 0 heterocycles. The van der Waals surface area contributed by atoms with Gasteiger partial charge in [0.25, 0.3) is 0 Å². The van der Waals surface area contributed by atoms with Crippen molar-refractivity contribution < 1.29 is 5.11 Å². The van der Waals surface area contributed by atoms with Gasteiger partial charge in [0, 0.05) is 12.6 Å². The van der Waals surface area contributed by atoms with Gasteiger partial charge in [-0.15, -0.1) is 0 Å². The lowest BCUT2D eigenvalue weighted by molar-refractivity contribution is 0.173. The Balaban J connectivity index is 2.46. The van der Waals surface area contributed by atoms with Gasteiger partial charge in [-0.05, 0) is 49.9 Å². The Morgan fingerprint density at radius 1 is 1.05 bits per heavy atom. The Bertz CT molecular complexity index is 356. The normalized spacial score (nSPS) is 13.1. The van der Waals surface area contributed by atoms with Gasteiger partial charge in [0.15, 0.2) is 0 Å². The van der Waals surface area contributed by atoms with E-state index in [9.17, 15) is 5.11 Å². The predicted molar refractivity (Wildman–Crippen MR) is 87.2 cm³/mol. The van der Waals surface area contributed by atoms with E-state index in [4.69, 9.17) is 0 Å². The fourth-order valence-electron chi connectivity index (χ4n) is 2.72. The molecule has 0 aliphatic rings. The van der Waals surface area contributed by atoms with Crippen LogP contribution in [0.15, 0.2) is 24.3 Å². The lowest BCUT2D eigenvalue weighted by atomic mass is 10.00. The van der Waals surface area contributed by atoms with Crippen LogP contribution in [0.3, 0.4) is 0 Å². The average molecular weight is 277 g/mol. The summed E-state index contributed by atoms with van der Waals surface area (Å²) >= 11 is 0. The van der Waals surface area contributed by atoms with E-state index in [1.807, 2.05) is 12.1 Å². The molecule has 0 saturated carbocycles. The second-order valence-electron chi connectivity index (χ2n) is 5.82. The van der Waals surface area contributed by atoms with Gasteiger partial charge >= 0.3 is 0 Å². The molecule has 0 aromatic heterocycles. The fourth-order valence-corrected chi connectivity index (χ4v) is 2.72. The summed E-state index contributed by atoms with van der Waals surface area (Å²) in [6.45, 7) is 11.5. The number of phenols is 1. The van der Waals surface area contributed by atoms with Gasteiger partial charge in [0.2, 0.25) is 0 Å². The molecule has 2 heteroatoms. The van der Waals surface area contributed by atoms with Gasteiger partial charge in [-0.1, -0.05) is 45.7 Å². The smallest absolute Gasteiger partial charge is 0.115 e. The number of benzene rings is 1. The molecule has 1 aromatic carbocycles. The molecule has 0 aliphatic heterocycles. The number of rotatable bonds is 9. The summed E-state index contributed by atoms with van der Waals surface area (Å²) < 4.78 is 0. The quantitative estimate of drug-likeness (QED) is 0.720. The summed E-state index contributed by atoms with van der Waals surface area (Å²) in [5.41, 5.74) is 1.31. The number of hydrogen-bond donors (Lipinski definition) is 1. The number of phenolic OH excluding ortho intramolecular Hbond substituents is 1. The second-order valence-corrected chi connectivity index (χ2v) is 5.82. The van der Waals surface area contributed by atoms with E-state index in [1.165, 1.54) is 31.4 Å². The molecule has 1 unspecified atom stereocenters. The number of hydrogen-bond acceptors (Lipinski definition) is 2. The number of aryl methyl sites for hydroxylation is 1. The average Bonchev–Trinajstić information content (AvgIpc) is 2.48. The Morgan fingerprint density at radius 3 is 2.15 bits per heavy atom. The summed E-state index contributed by atoms with van der Waals surface area (Å²) in [6.07, 6.45) is 4.81. The van der Waals surface area contributed by atoms with Crippen LogP contribution in [0.1, 0.15) is 52.5 Å². The van der Waals surface area contributed by atoms with Crippen molar-refractivity contribution in [1.82, 2.24) is 4.90 Å². The van der Waals surface area contributed by atoms with Crippen molar-refractivity contribution in [3.05, 3.63) is 29.8 Å². The Labute approximate surface area is 124 Å². The highest BCUT2D eigenvalue weighted by Gasteiger charge is 2.15. The molecule has 0 fully saturated rings. The second kappa shape index (κ2) is 9.02. The predicted octanol–water partition coefficient (Wildman–Crippen LogP) is 4.47. The van der Waals surface area contributed by atoms with Gasteiger partial charge in [0.1, 0.15) is 5.75 Å². The van der Waals surface area contributed by atoms with Crippen molar-refractivity contribution in [2.45, 2.75) is 59.4 Å². The SMILES string of the molecule is CCC(CC)CN(CC)C(C)CCc1ccc(O)cc1. The van der Waals surface area contributed by atoms with E-state index in [2.05, 4.69) is 32.6 Å². The summed E-state index contributed by atoms with van der Waals surface area (Å²) in [4.78, 5) is 2.61. The van der Waals surface area contributed by atoms with Crippen LogP contribution in [0.2, 0.25) is 0 Å². The summed E-state index contributed by atoms with van der Waals surface area (Å²) in [7, 11) is 0. The molecule has 0 radical (unpaired) electrons. The molecule has 20 heavy (non-hydrogen) atoms. The third-order valence-corrected chi connectivity index (χ3v) is 4.46. The van der Waals surface area contributed by atoms with Gasteiger partial charge in [0.05, 0.1) is 0 Å². The molecule has 1 aromatic rings. The molecule has 2 nitrogen and oxygen atoms in total. The first-order valence-corrected chi connectivity index (χ1v) is 8.12. The molecule has 1 rings (SSSR count). The van der Waals surface area contributed by atoms with E-state index in [1.54, 1.807) is 12.1 Å². The maximum Gasteiger partial charge on any atom is 0.115 e. The summed E-state index contributed by atoms with van der Waals surface area (Å²) in [5, 5.41) is 9.31. The van der Waals surface area contributed by atoms with Gasteiger partial charge < -0.3 is 10.0 Å². The van der Waals surface area contributed by atoms with Crippen LogP contribution in [-0.4, -0.2) is 29.1 Å². The monoisotopic (exact) mass is 277 g/mol. The third kappa shape index (κ3) is 5.54. The van der Waals surface area contributed by atoms with Crippen LogP contribution in [0.25, 0.3) is 0 Å². The van der Waals surface area contributed by atoms with Crippen molar-refractivity contribution in [1.29, 1.82) is 0 Å². The largest absolute Gasteiger partial charge is 0.508 e. The van der Waals surface area contributed by atoms with Crippen LogP contribution in [0.5, 0.6) is 5.75 Å². The first kappa shape index (κ1) is 17.0. The van der Waals surface area contributed by atoms with Gasteiger partial charge in [-0.2, -0.15) is 0 Å². The highest BCUT2D eigenvalue weighted by Crippen LogP contribution is 2.16. The minimum Gasteiger partial charge on any atom is -0.508 e. The number of aromatic hydroxyl groups is 1. The highest BCUT2D eigenvalue weighted by molar-refractivity contribution is 5.25. The molecule has 0 spiro atoms. The Kier molecular flexibility index (Phi) is 7.68. The summed E-state index contributed by atoms with van der Waals surface area (Å²) in [6, 6.07) is 8.23. The topological polar surface area (TPSA) is 23.5 Å². The number of nitrogens with zero attached hydrogens (tertiary/aromatic N) is 1. The van der Waals surface area contributed by atoms with Crippen molar-refractivity contribution in [3.8, 4) is 5.75 Å². The Morgan fingerprint density at radius 2 is 1.65 bits per heavy atom. The lowest BCUT2D eigenvalue weighted by Crippen LogP contribution is -2.37. The highest BCUT2D eigenvalue weighted by atomic mass is 16.3. The zero-order valence-electron chi connectivity index (χ0n) is 13.6. The van der Waals surface area contributed by atoms with Crippen molar-refractivity contribution >= 4 is 0 Å². The maximum atomic E-state index is 9.31. The van der Waals surface area contributed by atoms with E-state index < -0.39 is 0 Å². The van der Waals surface area contributed by atoms with Crippen molar-refractivity contribution in [2.24, 2.45) is 5.92 Å². The minimum absolute atomic E-state index is 0.353. The zero-order valence-corrected chi connectivity index (χ0v) is 13.6. The molecule has 1 N–H and O–H groups in total. The van der Waals surface area contributed by atoms with E-state index in [0.717, 1.165) is 18.9 Å². The van der Waals surface area contributed by atoms with E-state index in [-0.39, 0.29) is 0 Å². The standard InChI is InChI=1S/C18H31NO/c1-5-16(6-2)14-19(7-3)15(4)8-9-17-10-12-18(20)13-11-17/h10-13,15-16,20H,5-9,14H2,1-4H3. The lowest BCUT2D eigenvalue weighted by Gasteiger charge is -2.31. The van der Waals surface area contributed by atoms with Crippen LogP contribution < -0.4 is 0 Å². The molecular formula is C18H31NO. The van der Waals surface area contributed by atoms with Crippen molar-refractivity contribution in [3.63, 3.8) is 0 Å². The Hall–Kier alpha value is -1.02. The molecule has 0 bridgehead atoms. The molecule has 0 saturated heterocycles. The van der Waals surface area contributed by atoms with Crippen LogP contribution in [0, 0.1) is 5.92 Å². The summed E-state index contributed by atoms with van der Waals surface area (Å²) in [5.74, 6) is 1.18. The van der Waals surface area contributed by atoms with Crippen LogP contribution in [-0.2, 0) is 6.42 Å². The minimum atomic E-state index is 0.353. The van der Waals surface area contributed by atoms with Gasteiger partial charge in [-0.25, -0.2) is 0 Å². The molecule has 0 aliphatic carbocycles. The maximum absolute atomic E-state index is 9.31. The third-order valence-electron chi connectivity index (χ3n) is 4.46. The first-order valence-electron chi connectivity index (χ1n) is 8.12. The fraction of sp³-hybridized carbons (Fsp3) is 0.667. The van der Waals surface area contributed by atoms with E-state index >= 15 is 0 Å². The van der Waals surface area contributed by atoms with Crippen LogP contribution in [0.4, 0.5) is 0 Å². The van der Waals surface area contributed by atoms with Crippen LogP contribution >= 0.6 is 0 Å². The first-order chi connectivity index (χ1) is 9.60. The molecular weight excluding hydrogens is 246 g/mol. The van der Waals surface area contributed by atoms with E-state index in [0.29, 0.717) is 11.8 Å². The zero-order chi connectivity index (χ0) is 15.0. The molecule has 114 valence electrons. The molecule has 1 atom stereocenters. The van der Waals surface area contributed by atoms with Crippen molar-refractivity contribution in [2.75, 3.05) is 13.1 Å².